The molecular formula is C20H22N4O4S3. The molecule has 1 aromatic carbocycles. The van der Waals surface area contributed by atoms with Crippen molar-refractivity contribution in [2.45, 2.75) is 42.9 Å². The van der Waals surface area contributed by atoms with Crippen molar-refractivity contribution in [2.24, 2.45) is 5.14 Å². The Morgan fingerprint density at radius 1 is 1.39 bits per heavy atom. The number of amides is 1. The lowest BCUT2D eigenvalue weighted by atomic mass is 10.1. The van der Waals surface area contributed by atoms with Crippen LogP contribution in [0.2, 0.25) is 0 Å². The van der Waals surface area contributed by atoms with Gasteiger partial charge < -0.3 is 10.3 Å². The monoisotopic (exact) mass is 478 g/mol. The fraction of sp³-hybridized carbons (Fsp3) is 0.350. The van der Waals surface area contributed by atoms with Crippen LogP contribution in [0, 0.1) is 0 Å². The zero-order valence-corrected chi connectivity index (χ0v) is 19.3. The van der Waals surface area contributed by atoms with Crippen molar-refractivity contribution >= 4 is 49.2 Å². The van der Waals surface area contributed by atoms with Crippen molar-refractivity contribution in [2.75, 3.05) is 5.75 Å². The number of aromatic amines is 1. The number of hydrogen-bond acceptors (Lipinski definition) is 7. The number of thiophene rings is 1. The van der Waals surface area contributed by atoms with Crippen LogP contribution in [0.4, 0.5) is 0 Å². The van der Waals surface area contributed by atoms with Gasteiger partial charge in [-0.1, -0.05) is 12.1 Å². The van der Waals surface area contributed by atoms with Gasteiger partial charge in [-0.15, -0.1) is 23.1 Å². The summed E-state index contributed by atoms with van der Waals surface area (Å²) >= 11 is 2.94. The van der Waals surface area contributed by atoms with Crippen LogP contribution in [0.15, 0.2) is 34.0 Å². The lowest BCUT2D eigenvalue weighted by Crippen LogP contribution is -2.28. The second-order valence-electron chi connectivity index (χ2n) is 7.45. The third kappa shape index (κ3) is 4.84. The fourth-order valence-electron chi connectivity index (χ4n) is 3.68. The molecule has 1 aliphatic rings. The van der Waals surface area contributed by atoms with E-state index in [9.17, 15) is 18.0 Å². The number of benzene rings is 1. The third-order valence-electron chi connectivity index (χ3n) is 5.16. The number of nitrogens with zero attached hydrogens (tertiary/aromatic N) is 1. The zero-order chi connectivity index (χ0) is 22.2. The summed E-state index contributed by atoms with van der Waals surface area (Å²) < 4.78 is 23.0. The van der Waals surface area contributed by atoms with Crippen LogP contribution >= 0.6 is 23.1 Å². The summed E-state index contributed by atoms with van der Waals surface area (Å²) in [4.78, 5) is 34.3. The molecule has 164 valence electrons. The molecule has 0 bridgehead atoms. The van der Waals surface area contributed by atoms with E-state index >= 15 is 0 Å². The van der Waals surface area contributed by atoms with Crippen LogP contribution in [0.5, 0.6) is 0 Å². The van der Waals surface area contributed by atoms with Crippen LogP contribution < -0.4 is 16.0 Å². The second kappa shape index (κ2) is 8.73. The van der Waals surface area contributed by atoms with Gasteiger partial charge in [-0.05, 0) is 49.4 Å². The average molecular weight is 479 g/mol. The largest absolute Gasteiger partial charge is 0.349 e. The topological polar surface area (TPSA) is 135 Å². The summed E-state index contributed by atoms with van der Waals surface area (Å²) in [5.41, 5.74) is 1.69. The molecule has 4 rings (SSSR count). The van der Waals surface area contributed by atoms with Crippen LogP contribution in [-0.4, -0.2) is 30.0 Å². The molecule has 0 fully saturated rings. The Morgan fingerprint density at radius 3 is 2.97 bits per heavy atom. The van der Waals surface area contributed by atoms with Gasteiger partial charge in [0.1, 0.15) is 10.7 Å². The van der Waals surface area contributed by atoms with E-state index < -0.39 is 10.0 Å². The number of aromatic nitrogens is 2. The summed E-state index contributed by atoms with van der Waals surface area (Å²) in [6.07, 6.45) is 3.04. The van der Waals surface area contributed by atoms with Crippen molar-refractivity contribution < 1.29 is 13.2 Å². The molecule has 1 atom stereocenters. The minimum atomic E-state index is -3.80. The number of nitrogens with one attached hydrogen (secondary N) is 2. The number of carbonyl (C=O) groups is 1. The molecule has 3 aromatic rings. The van der Waals surface area contributed by atoms with E-state index in [0.29, 0.717) is 17.1 Å². The lowest BCUT2D eigenvalue weighted by molar-refractivity contribution is -0.119. The van der Waals surface area contributed by atoms with Crippen molar-refractivity contribution in [3.8, 4) is 0 Å². The number of primary sulfonamides is 1. The Hall–Kier alpha value is -2.21. The Labute approximate surface area is 187 Å². The van der Waals surface area contributed by atoms with Gasteiger partial charge in [-0.3, -0.25) is 9.59 Å². The highest BCUT2D eigenvalue weighted by Gasteiger charge is 2.21. The molecule has 0 spiro atoms. The lowest BCUT2D eigenvalue weighted by Gasteiger charge is -2.15. The highest BCUT2D eigenvalue weighted by atomic mass is 32.2. The molecule has 2 heterocycles. The highest BCUT2D eigenvalue weighted by molar-refractivity contribution is 7.99. The molecule has 0 saturated carbocycles. The Morgan fingerprint density at radius 2 is 2.19 bits per heavy atom. The molecule has 1 aliphatic carbocycles. The molecule has 2 aromatic heterocycles. The molecular weight excluding hydrogens is 456 g/mol. The fourth-order valence-corrected chi connectivity index (χ4v) is 6.23. The average Bonchev–Trinajstić information content (AvgIpc) is 3.28. The summed E-state index contributed by atoms with van der Waals surface area (Å²) in [6, 6.07) is 5.81. The summed E-state index contributed by atoms with van der Waals surface area (Å²) in [5.74, 6) is 0.958. The molecule has 0 saturated heterocycles. The molecule has 8 nitrogen and oxygen atoms in total. The molecule has 0 unspecified atom stereocenters. The number of carbonyl (C=O) groups excluding carboxylic acids is 1. The number of H-pyrrole nitrogens is 1. The standard InChI is InChI=1S/C20H22N4O4S3/c1-11(12-4-2-5-13(8-12)31(21,27)28)22-17(25)10-29-9-16-23-19(26)18-14-6-3-7-15(14)30-20(18)24-16/h2,4-5,8,11H,3,6-7,9-10H2,1H3,(H,22,25)(H2,21,27,28)(H,23,24,26)/t11-/m1/s1. The van der Waals surface area contributed by atoms with E-state index in [1.807, 2.05) is 0 Å². The molecule has 0 radical (unpaired) electrons. The first-order chi connectivity index (χ1) is 14.7. The van der Waals surface area contributed by atoms with Gasteiger partial charge in [0.05, 0.1) is 27.8 Å². The van der Waals surface area contributed by atoms with Crippen molar-refractivity contribution in [3.63, 3.8) is 0 Å². The molecule has 11 heteroatoms. The van der Waals surface area contributed by atoms with E-state index in [0.717, 1.165) is 35.0 Å². The van der Waals surface area contributed by atoms with Gasteiger partial charge in [0.2, 0.25) is 15.9 Å². The normalized spacial score (nSPS) is 14.5. The van der Waals surface area contributed by atoms with E-state index in [2.05, 4.69) is 15.3 Å². The maximum absolute atomic E-state index is 12.5. The minimum Gasteiger partial charge on any atom is -0.349 e. The Bertz CT molecular complexity index is 1310. The molecule has 31 heavy (non-hydrogen) atoms. The second-order valence-corrected chi connectivity index (χ2v) is 11.1. The van der Waals surface area contributed by atoms with Crippen molar-refractivity contribution in [1.29, 1.82) is 0 Å². The number of fused-ring (bicyclic) bond motifs is 3. The van der Waals surface area contributed by atoms with Gasteiger partial charge >= 0.3 is 0 Å². The maximum atomic E-state index is 12.5. The number of thioether (sulfide) groups is 1. The number of nitrogens with two attached hydrogens (primary N) is 1. The maximum Gasteiger partial charge on any atom is 0.259 e. The van der Waals surface area contributed by atoms with Gasteiger partial charge in [-0.25, -0.2) is 18.5 Å². The number of rotatable bonds is 7. The SMILES string of the molecule is C[C@@H](NC(=O)CSCc1nc2sc3c(c2c(=O)[nH]1)CCC3)c1cccc(S(N)(=O)=O)c1. The predicted octanol–water partition coefficient (Wildman–Crippen LogP) is 2.23. The third-order valence-corrected chi connectivity index (χ3v) is 8.20. The van der Waals surface area contributed by atoms with E-state index in [-0.39, 0.29) is 28.2 Å². The van der Waals surface area contributed by atoms with E-state index in [4.69, 9.17) is 5.14 Å². The summed E-state index contributed by atoms with van der Waals surface area (Å²) in [6.45, 7) is 1.77. The van der Waals surface area contributed by atoms with Crippen molar-refractivity contribution in [3.05, 3.63) is 56.4 Å². The van der Waals surface area contributed by atoms with Crippen LogP contribution in [0.1, 0.15) is 41.2 Å². The highest BCUT2D eigenvalue weighted by Crippen LogP contribution is 2.34. The van der Waals surface area contributed by atoms with Crippen LogP contribution in [0.3, 0.4) is 0 Å². The van der Waals surface area contributed by atoms with Crippen LogP contribution in [-0.2, 0) is 33.4 Å². The van der Waals surface area contributed by atoms with Gasteiger partial charge in [0.25, 0.3) is 5.56 Å². The molecule has 4 N–H and O–H groups in total. The Balaban J connectivity index is 1.35. The van der Waals surface area contributed by atoms with Gasteiger partial charge in [0, 0.05) is 4.88 Å². The van der Waals surface area contributed by atoms with E-state index in [1.54, 1.807) is 30.4 Å². The number of hydrogen-bond donors (Lipinski definition) is 3. The zero-order valence-electron chi connectivity index (χ0n) is 16.8. The summed E-state index contributed by atoms with van der Waals surface area (Å²) in [5, 5.41) is 8.73. The van der Waals surface area contributed by atoms with Gasteiger partial charge in [0.15, 0.2) is 0 Å². The van der Waals surface area contributed by atoms with Crippen LogP contribution in [0.25, 0.3) is 10.2 Å². The first kappa shape index (κ1) is 22.0. The quantitative estimate of drug-likeness (QED) is 0.477. The number of sulfonamides is 1. The van der Waals surface area contributed by atoms with E-state index in [1.165, 1.54) is 28.8 Å². The van der Waals surface area contributed by atoms with Gasteiger partial charge in [-0.2, -0.15) is 0 Å². The first-order valence-corrected chi connectivity index (χ1v) is 13.3. The first-order valence-electron chi connectivity index (χ1n) is 9.75. The molecule has 1 amide bonds. The summed E-state index contributed by atoms with van der Waals surface area (Å²) in [7, 11) is -3.80. The number of aryl methyl sites for hydroxylation is 2. The minimum absolute atomic E-state index is 0.00504. The Kier molecular flexibility index (Phi) is 6.20. The van der Waals surface area contributed by atoms with Crippen molar-refractivity contribution in [1.82, 2.24) is 15.3 Å². The molecule has 0 aliphatic heterocycles. The smallest absolute Gasteiger partial charge is 0.259 e. The predicted molar refractivity (Wildman–Crippen MR) is 123 cm³/mol.